The molecule has 0 aromatic carbocycles. The second-order valence-corrected chi connectivity index (χ2v) is 6.08. The molecule has 5 nitrogen and oxygen atoms in total. The van der Waals surface area contributed by atoms with Crippen LogP contribution in [-0.4, -0.2) is 71.4 Å². The average molecular weight is 310 g/mol. The maximum Gasteiger partial charge on any atom is 0.223 e. The van der Waals surface area contributed by atoms with Gasteiger partial charge < -0.3 is 15.1 Å². The first-order chi connectivity index (χ1) is 10.5. The SMILES string of the molecule is CCCC(O)C(O)CCCN(C)CC#CCN1CCCC1=O. The molecular weight excluding hydrogens is 280 g/mol. The van der Waals surface area contributed by atoms with Crippen molar-refractivity contribution in [2.45, 2.75) is 57.7 Å². The normalized spacial score (nSPS) is 17.5. The van der Waals surface area contributed by atoms with E-state index >= 15 is 0 Å². The molecule has 22 heavy (non-hydrogen) atoms. The number of amides is 1. The average Bonchev–Trinajstić information content (AvgIpc) is 2.89. The van der Waals surface area contributed by atoms with Crippen molar-refractivity contribution in [3.63, 3.8) is 0 Å². The maximum atomic E-state index is 11.4. The fourth-order valence-electron chi connectivity index (χ4n) is 2.54. The number of carbonyl (C=O) groups is 1. The van der Waals surface area contributed by atoms with Crippen LogP contribution in [0, 0.1) is 11.8 Å². The Bertz CT molecular complexity index is 389. The van der Waals surface area contributed by atoms with Crippen molar-refractivity contribution in [3.05, 3.63) is 0 Å². The van der Waals surface area contributed by atoms with Crippen LogP contribution in [0.2, 0.25) is 0 Å². The van der Waals surface area contributed by atoms with Crippen LogP contribution in [0.1, 0.15) is 45.4 Å². The third-order valence-corrected chi connectivity index (χ3v) is 3.98. The van der Waals surface area contributed by atoms with Gasteiger partial charge in [-0.15, -0.1) is 0 Å². The summed E-state index contributed by atoms with van der Waals surface area (Å²) in [5.41, 5.74) is 0. The first-order valence-electron chi connectivity index (χ1n) is 8.32. The van der Waals surface area contributed by atoms with E-state index < -0.39 is 12.2 Å². The van der Waals surface area contributed by atoms with Crippen LogP contribution in [0.15, 0.2) is 0 Å². The van der Waals surface area contributed by atoms with Crippen LogP contribution in [-0.2, 0) is 4.79 Å². The second-order valence-electron chi connectivity index (χ2n) is 6.08. The summed E-state index contributed by atoms with van der Waals surface area (Å²) in [5.74, 6) is 6.34. The van der Waals surface area contributed by atoms with Crippen molar-refractivity contribution >= 4 is 5.91 Å². The smallest absolute Gasteiger partial charge is 0.223 e. The van der Waals surface area contributed by atoms with E-state index in [1.807, 2.05) is 14.0 Å². The molecule has 0 radical (unpaired) electrons. The van der Waals surface area contributed by atoms with Gasteiger partial charge >= 0.3 is 0 Å². The highest BCUT2D eigenvalue weighted by atomic mass is 16.3. The molecule has 1 aliphatic rings. The van der Waals surface area contributed by atoms with E-state index in [2.05, 4.69) is 16.7 Å². The summed E-state index contributed by atoms with van der Waals surface area (Å²) >= 11 is 0. The molecule has 5 heteroatoms. The lowest BCUT2D eigenvalue weighted by molar-refractivity contribution is -0.127. The highest BCUT2D eigenvalue weighted by molar-refractivity contribution is 5.78. The summed E-state index contributed by atoms with van der Waals surface area (Å²) < 4.78 is 0. The molecule has 2 unspecified atom stereocenters. The van der Waals surface area contributed by atoms with Gasteiger partial charge in [-0.3, -0.25) is 9.69 Å². The minimum Gasteiger partial charge on any atom is -0.390 e. The van der Waals surface area contributed by atoms with Gasteiger partial charge in [-0.25, -0.2) is 0 Å². The summed E-state index contributed by atoms with van der Waals surface area (Å²) in [7, 11) is 1.99. The maximum absolute atomic E-state index is 11.4. The van der Waals surface area contributed by atoms with Crippen LogP contribution in [0.4, 0.5) is 0 Å². The molecule has 126 valence electrons. The lowest BCUT2D eigenvalue weighted by atomic mass is 10.0. The lowest BCUT2D eigenvalue weighted by Gasteiger charge is -2.19. The van der Waals surface area contributed by atoms with Gasteiger partial charge in [0, 0.05) is 13.0 Å². The topological polar surface area (TPSA) is 64.0 Å². The second kappa shape index (κ2) is 10.6. The van der Waals surface area contributed by atoms with Crippen LogP contribution >= 0.6 is 0 Å². The predicted octanol–water partition coefficient (Wildman–Crippen LogP) is 0.846. The first-order valence-corrected chi connectivity index (χ1v) is 8.32. The molecule has 1 rings (SSSR count). The predicted molar refractivity (Wildman–Crippen MR) is 87.2 cm³/mol. The number of likely N-dealkylation sites (tertiary alicyclic amines) is 1. The molecule has 0 aromatic rings. The zero-order valence-electron chi connectivity index (χ0n) is 13.9. The van der Waals surface area contributed by atoms with E-state index in [0.717, 1.165) is 32.4 Å². The quantitative estimate of drug-likeness (QED) is 0.620. The standard InChI is InChI=1S/C17H30N2O3/c1-3-8-15(20)16(21)9-6-12-18(2)11-4-5-13-19-14-7-10-17(19)22/h15-16,20-21H,3,6-14H2,1-2H3. The number of hydrogen-bond donors (Lipinski definition) is 2. The molecule has 1 aliphatic heterocycles. The van der Waals surface area contributed by atoms with Crippen LogP contribution < -0.4 is 0 Å². The van der Waals surface area contributed by atoms with Crippen molar-refractivity contribution in [3.8, 4) is 11.8 Å². The van der Waals surface area contributed by atoms with Crippen LogP contribution in [0.5, 0.6) is 0 Å². The summed E-state index contributed by atoms with van der Waals surface area (Å²) in [4.78, 5) is 15.3. The van der Waals surface area contributed by atoms with Gasteiger partial charge in [0.15, 0.2) is 0 Å². The van der Waals surface area contributed by atoms with Crippen molar-refractivity contribution in [2.24, 2.45) is 0 Å². The van der Waals surface area contributed by atoms with Crippen molar-refractivity contribution < 1.29 is 15.0 Å². The van der Waals surface area contributed by atoms with E-state index in [-0.39, 0.29) is 5.91 Å². The Labute approximate surface area is 134 Å². The molecular formula is C17H30N2O3. The van der Waals surface area contributed by atoms with Crippen molar-refractivity contribution in [2.75, 3.05) is 33.2 Å². The largest absolute Gasteiger partial charge is 0.390 e. The van der Waals surface area contributed by atoms with Crippen LogP contribution in [0.25, 0.3) is 0 Å². The lowest BCUT2D eigenvalue weighted by Crippen LogP contribution is -2.28. The minimum absolute atomic E-state index is 0.210. The van der Waals surface area contributed by atoms with Gasteiger partial charge in [-0.1, -0.05) is 25.2 Å². The van der Waals surface area contributed by atoms with Gasteiger partial charge in [-0.2, -0.15) is 0 Å². The molecule has 1 saturated heterocycles. The molecule has 0 saturated carbocycles. The molecule has 0 spiro atoms. The molecule has 2 atom stereocenters. The molecule has 1 fully saturated rings. The number of rotatable bonds is 9. The van der Waals surface area contributed by atoms with Crippen molar-refractivity contribution in [1.29, 1.82) is 0 Å². The Morgan fingerprint density at radius 3 is 2.64 bits per heavy atom. The van der Waals surface area contributed by atoms with Gasteiger partial charge in [0.2, 0.25) is 5.91 Å². The van der Waals surface area contributed by atoms with E-state index in [4.69, 9.17) is 0 Å². The number of hydrogen-bond acceptors (Lipinski definition) is 4. The first kappa shape index (κ1) is 19.0. The Kier molecular flexibility index (Phi) is 9.14. The van der Waals surface area contributed by atoms with Gasteiger partial charge in [0.05, 0.1) is 25.3 Å². The summed E-state index contributed by atoms with van der Waals surface area (Å²) in [6.45, 7) is 4.87. The van der Waals surface area contributed by atoms with Crippen LogP contribution in [0.3, 0.4) is 0 Å². The monoisotopic (exact) mass is 310 g/mol. The number of nitrogens with zero attached hydrogens (tertiary/aromatic N) is 2. The summed E-state index contributed by atoms with van der Waals surface area (Å²) in [6, 6.07) is 0. The number of carbonyl (C=O) groups excluding carboxylic acids is 1. The highest BCUT2D eigenvalue weighted by Gasteiger charge is 2.18. The zero-order chi connectivity index (χ0) is 16.4. The van der Waals surface area contributed by atoms with Crippen molar-refractivity contribution in [1.82, 2.24) is 9.80 Å². The molecule has 1 heterocycles. The van der Waals surface area contributed by atoms with E-state index in [1.54, 1.807) is 4.90 Å². The molecule has 1 amide bonds. The van der Waals surface area contributed by atoms with E-state index in [9.17, 15) is 15.0 Å². The zero-order valence-corrected chi connectivity index (χ0v) is 13.9. The molecule has 0 aromatic heterocycles. The van der Waals surface area contributed by atoms with E-state index in [0.29, 0.717) is 32.4 Å². The van der Waals surface area contributed by atoms with Gasteiger partial charge in [0.1, 0.15) is 0 Å². The Balaban J connectivity index is 2.11. The fourth-order valence-corrected chi connectivity index (χ4v) is 2.54. The number of aliphatic hydroxyl groups is 2. The fraction of sp³-hybridized carbons (Fsp3) is 0.824. The number of aliphatic hydroxyl groups excluding tert-OH is 2. The van der Waals surface area contributed by atoms with Gasteiger partial charge in [0.25, 0.3) is 0 Å². The third kappa shape index (κ3) is 7.26. The van der Waals surface area contributed by atoms with E-state index in [1.165, 1.54) is 0 Å². The minimum atomic E-state index is -0.624. The summed E-state index contributed by atoms with van der Waals surface area (Å²) in [6.07, 6.45) is 3.37. The molecule has 0 aliphatic carbocycles. The molecule has 0 bridgehead atoms. The molecule has 2 N–H and O–H groups in total. The summed E-state index contributed by atoms with van der Waals surface area (Å²) in [5, 5.41) is 19.5. The third-order valence-electron chi connectivity index (χ3n) is 3.98. The Morgan fingerprint density at radius 1 is 1.27 bits per heavy atom. The highest BCUT2D eigenvalue weighted by Crippen LogP contribution is 2.09. The Morgan fingerprint density at radius 2 is 2.00 bits per heavy atom. The Hall–Kier alpha value is -1.09. The van der Waals surface area contributed by atoms with Gasteiger partial charge in [-0.05, 0) is 39.3 Å².